The summed E-state index contributed by atoms with van der Waals surface area (Å²) in [5.41, 5.74) is 1.48. The lowest BCUT2D eigenvalue weighted by molar-refractivity contribution is -0.114. The molecule has 42 heavy (non-hydrogen) atoms. The number of ether oxygens (including phenoxy) is 2. The number of carbonyl (C=O) groups excluding carboxylic acids is 3. The number of urea groups is 1. The number of nitrogens with one attached hydrogen (secondary N) is 1. The third kappa shape index (κ3) is 5.71. The Morgan fingerprint density at radius 1 is 0.976 bits per heavy atom. The number of benzene rings is 3. The molecule has 1 aliphatic heterocycles. The number of esters is 1. The van der Waals surface area contributed by atoms with Crippen LogP contribution in [-0.4, -0.2) is 64.1 Å². The molecule has 2 heterocycles. The van der Waals surface area contributed by atoms with Crippen LogP contribution in [0.25, 0.3) is 22.3 Å². The van der Waals surface area contributed by atoms with Crippen molar-refractivity contribution in [2.24, 2.45) is 0 Å². The number of morpholine rings is 1. The molecule has 0 atom stereocenters. The van der Waals surface area contributed by atoms with Gasteiger partial charge in [-0.2, -0.15) is 4.31 Å². The molecule has 1 aromatic heterocycles. The van der Waals surface area contributed by atoms with E-state index < -0.39 is 22.0 Å². The van der Waals surface area contributed by atoms with Crippen LogP contribution >= 0.6 is 0 Å². The van der Waals surface area contributed by atoms with Crippen molar-refractivity contribution >= 4 is 50.3 Å². The Morgan fingerprint density at radius 2 is 1.67 bits per heavy atom. The van der Waals surface area contributed by atoms with Crippen LogP contribution in [0.4, 0.5) is 16.2 Å². The first-order chi connectivity index (χ1) is 20.2. The van der Waals surface area contributed by atoms with E-state index >= 15 is 0 Å². The van der Waals surface area contributed by atoms with E-state index in [2.05, 4.69) is 5.32 Å². The number of amides is 3. The summed E-state index contributed by atoms with van der Waals surface area (Å²) in [7, 11) is -4.46. The topological polar surface area (TPSA) is 135 Å². The fourth-order valence-electron chi connectivity index (χ4n) is 4.66. The molecule has 5 rings (SSSR count). The third-order valence-electron chi connectivity index (χ3n) is 6.59. The van der Waals surface area contributed by atoms with Gasteiger partial charge in [0.25, 0.3) is 10.0 Å². The molecule has 4 aromatic rings. The minimum atomic E-state index is -4.46. The number of hydrogen-bond donors (Lipinski definition) is 1. The van der Waals surface area contributed by atoms with Crippen molar-refractivity contribution in [1.29, 1.82) is 0 Å². The van der Waals surface area contributed by atoms with Crippen molar-refractivity contribution in [2.45, 2.75) is 18.7 Å². The molecule has 3 aromatic carbocycles. The molecule has 1 N–H and O–H groups in total. The fraction of sp³-hybridized carbons (Fsp3) is 0.233. The highest BCUT2D eigenvalue weighted by Crippen LogP contribution is 2.37. The van der Waals surface area contributed by atoms with Crippen molar-refractivity contribution in [3.8, 4) is 11.3 Å². The maximum Gasteiger partial charge on any atom is 0.342 e. The van der Waals surface area contributed by atoms with Crippen molar-refractivity contribution in [1.82, 2.24) is 4.90 Å². The van der Waals surface area contributed by atoms with E-state index in [1.165, 1.54) is 54.3 Å². The quantitative estimate of drug-likeness (QED) is 0.301. The zero-order chi connectivity index (χ0) is 29.9. The van der Waals surface area contributed by atoms with Gasteiger partial charge in [-0.15, -0.1) is 0 Å². The summed E-state index contributed by atoms with van der Waals surface area (Å²) in [4.78, 5) is 39.7. The number of furan rings is 1. The highest BCUT2D eigenvalue weighted by atomic mass is 32.2. The Kier molecular flexibility index (Phi) is 8.27. The van der Waals surface area contributed by atoms with E-state index in [1.54, 1.807) is 31.2 Å². The number of fused-ring (bicyclic) bond motifs is 1. The fourth-order valence-corrected chi connectivity index (χ4v) is 6.07. The molecule has 218 valence electrons. The molecule has 1 saturated heterocycles. The molecule has 0 aliphatic carbocycles. The van der Waals surface area contributed by atoms with Gasteiger partial charge >= 0.3 is 12.0 Å². The van der Waals surface area contributed by atoms with Gasteiger partial charge in [-0.05, 0) is 49.4 Å². The third-order valence-corrected chi connectivity index (χ3v) is 8.31. The average molecular weight is 592 g/mol. The van der Waals surface area contributed by atoms with Gasteiger partial charge in [0.05, 0.1) is 30.4 Å². The van der Waals surface area contributed by atoms with E-state index in [-0.39, 0.29) is 60.7 Å². The van der Waals surface area contributed by atoms with Crippen LogP contribution in [-0.2, 0) is 24.3 Å². The number of carbonyl (C=O) groups is 3. The van der Waals surface area contributed by atoms with Gasteiger partial charge in [0.2, 0.25) is 5.91 Å². The Hall–Kier alpha value is -4.68. The molecular weight excluding hydrogens is 562 g/mol. The van der Waals surface area contributed by atoms with Crippen LogP contribution in [0.5, 0.6) is 0 Å². The van der Waals surface area contributed by atoms with Crippen molar-refractivity contribution in [3.63, 3.8) is 0 Å². The molecular formula is C30H29N3O8S. The molecule has 0 saturated carbocycles. The van der Waals surface area contributed by atoms with E-state index in [4.69, 9.17) is 13.9 Å². The second-order valence-corrected chi connectivity index (χ2v) is 11.2. The number of nitrogens with zero attached hydrogens (tertiary/aromatic N) is 2. The standard InChI is InChI=1S/C30H29N3O8S/c1-3-40-29(35)27-25-19-23(11-14-26(25)41-28(27)21-7-5-4-6-8-21)33(30(36)32-15-17-39-18-16-32)42(37,38)24-12-9-22(10-13-24)31-20(2)34/h4-14,19H,3,15-18H2,1-2H3,(H,31,34). The molecule has 0 unspecified atom stereocenters. The summed E-state index contributed by atoms with van der Waals surface area (Å²) < 4.78 is 45.6. The highest BCUT2D eigenvalue weighted by molar-refractivity contribution is 7.93. The predicted molar refractivity (Wildman–Crippen MR) is 156 cm³/mol. The van der Waals surface area contributed by atoms with E-state index in [0.29, 0.717) is 22.2 Å². The average Bonchev–Trinajstić information content (AvgIpc) is 3.37. The summed E-state index contributed by atoms with van der Waals surface area (Å²) in [5.74, 6) is -0.686. The van der Waals surface area contributed by atoms with Crippen LogP contribution in [0.2, 0.25) is 0 Å². The van der Waals surface area contributed by atoms with Gasteiger partial charge in [-0.3, -0.25) is 4.79 Å². The highest BCUT2D eigenvalue weighted by Gasteiger charge is 2.36. The number of rotatable bonds is 7. The van der Waals surface area contributed by atoms with Crippen LogP contribution < -0.4 is 9.62 Å². The molecule has 3 amide bonds. The lowest BCUT2D eigenvalue weighted by atomic mass is 10.1. The zero-order valence-electron chi connectivity index (χ0n) is 23.0. The van der Waals surface area contributed by atoms with Gasteiger partial charge in [0, 0.05) is 36.7 Å². The normalized spacial score (nSPS) is 13.5. The first kappa shape index (κ1) is 28.8. The van der Waals surface area contributed by atoms with Crippen molar-refractivity contribution in [2.75, 3.05) is 42.5 Å². The van der Waals surface area contributed by atoms with E-state index in [0.717, 1.165) is 4.31 Å². The summed E-state index contributed by atoms with van der Waals surface area (Å²) >= 11 is 0. The molecule has 0 radical (unpaired) electrons. The molecule has 11 nitrogen and oxygen atoms in total. The molecule has 1 aliphatic rings. The number of sulfonamides is 1. The summed E-state index contributed by atoms with van der Waals surface area (Å²) in [6.07, 6.45) is 0. The monoisotopic (exact) mass is 591 g/mol. The van der Waals surface area contributed by atoms with Crippen LogP contribution in [0.3, 0.4) is 0 Å². The number of anilines is 2. The summed E-state index contributed by atoms with van der Waals surface area (Å²) in [6.45, 7) is 4.06. The maximum atomic E-state index is 14.1. The first-order valence-corrected chi connectivity index (χ1v) is 14.7. The van der Waals surface area contributed by atoms with Gasteiger partial charge in [-0.1, -0.05) is 30.3 Å². The van der Waals surface area contributed by atoms with Crippen LogP contribution in [0.15, 0.2) is 82.1 Å². The molecule has 12 heteroatoms. The smallest absolute Gasteiger partial charge is 0.342 e. The Morgan fingerprint density at radius 3 is 2.31 bits per heavy atom. The Bertz CT molecular complexity index is 1730. The van der Waals surface area contributed by atoms with Crippen LogP contribution in [0, 0.1) is 0 Å². The van der Waals surface area contributed by atoms with Crippen molar-refractivity contribution in [3.05, 3.63) is 78.4 Å². The molecule has 0 spiro atoms. The van der Waals surface area contributed by atoms with Crippen LogP contribution in [0.1, 0.15) is 24.2 Å². The van der Waals surface area contributed by atoms with E-state index in [1.807, 2.05) is 6.07 Å². The molecule has 0 bridgehead atoms. The Balaban J connectivity index is 1.66. The van der Waals surface area contributed by atoms with Gasteiger partial charge in [0.1, 0.15) is 16.9 Å². The first-order valence-electron chi connectivity index (χ1n) is 13.3. The van der Waals surface area contributed by atoms with Crippen molar-refractivity contribution < 1.29 is 36.7 Å². The predicted octanol–water partition coefficient (Wildman–Crippen LogP) is 4.88. The second-order valence-electron chi connectivity index (χ2n) is 9.43. The maximum absolute atomic E-state index is 14.1. The number of hydrogen-bond acceptors (Lipinski definition) is 8. The second kappa shape index (κ2) is 12.0. The van der Waals surface area contributed by atoms with E-state index in [9.17, 15) is 22.8 Å². The minimum absolute atomic E-state index is 0.0101. The minimum Gasteiger partial charge on any atom is -0.462 e. The van der Waals surface area contributed by atoms with Gasteiger partial charge < -0.3 is 24.1 Å². The summed E-state index contributed by atoms with van der Waals surface area (Å²) in [5, 5.41) is 2.88. The molecule has 1 fully saturated rings. The zero-order valence-corrected chi connectivity index (χ0v) is 23.8. The van der Waals surface area contributed by atoms with Gasteiger partial charge in [0.15, 0.2) is 0 Å². The summed E-state index contributed by atoms with van der Waals surface area (Å²) in [6, 6.07) is 18.2. The lowest BCUT2D eigenvalue weighted by Gasteiger charge is -2.32. The SMILES string of the molecule is CCOC(=O)c1c(-c2ccccc2)oc2ccc(N(C(=O)N3CCOCC3)S(=O)(=O)c3ccc(NC(C)=O)cc3)cc12. The van der Waals surface area contributed by atoms with Gasteiger partial charge in [-0.25, -0.2) is 18.0 Å². The Labute approximate surface area is 242 Å². The lowest BCUT2D eigenvalue weighted by Crippen LogP contribution is -2.50. The largest absolute Gasteiger partial charge is 0.462 e.